The summed E-state index contributed by atoms with van der Waals surface area (Å²) in [6, 6.07) is 5.71. The van der Waals surface area contributed by atoms with Crippen LogP contribution in [0.1, 0.15) is 25.7 Å². The fourth-order valence-electron chi connectivity index (χ4n) is 1.97. The van der Waals surface area contributed by atoms with Crippen molar-refractivity contribution in [3.8, 4) is 5.75 Å². The zero-order valence-corrected chi connectivity index (χ0v) is 10.9. The summed E-state index contributed by atoms with van der Waals surface area (Å²) in [7, 11) is 0. The zero-order valence-electron chi connectivity index (χ0n) is 8.51. The van der Waals surface area contributed by atoms with Crippen molar-refractivity contribution in [2.45, 2.75) is 25.7 Å². The van der Waals surface area contributed by atoms with Crippen LogP contribution in [0.15, 0.2) is 22.7 Å². The van der Waals surface area contributed by atoms with E-state index in [1.54, 1.807) is 0 Å². The van der Waals surface area contributed by atoms with Gasteiger partial charge in [-0.1, -0.05) is 40.4 Å². The van der Waals surface area contributed by atoms with E-state index in [0.717, 1.165) is 22.7 Å². The van der Waals surface area contributed by atoms with Crippen LogP contribution in [-0.4, -0.2) is 6.61 Å². The van der Waals surface area contributed by atoms with E-state index in [1.807, 2.05) is 18.2 Å². The second-order valence-electron chi connectivity index (χ2n) is 4.04. The van der Waals surface area contributed by atoms with Crippen molar-refractivity contribution in [1.82, 2.24) is 0 Å². The Labute approximate surface area is 104 Å². The third-order valence-corrected chi connectivity index (χ3v) is 3.65. The Hall–Kier alpha value is -0.210. The highest BCUT2D eigenvalue weighted by Gasteiger charge is 2.16. The summed E-state index contributed by atoms with van der Waals surface area (Å²) in [6.45, 7) is 0.802. The maximum absolute atomic E-state index is 6.04. The molecule has 82 valence electrons. The van der Waals surface area contributed by atoms with E-state index in [9.17, 15) is 0 Å². The largest absolute Gasteiger partial charge is 0.492 e. The molecule has 1 aromatic carbocycles. The van der Waals surface area contributed by atoms with Gasteiger partial charge < -0.3 is 4.74 Å². The molecule has 0 aliphatic heterocycles. The normalized spacial score (nSPS) is 16.9. The number of benzene rings is 1. The Kier molecular flexibility index (Phi) is 3.92. The Morgan fingerprint density at radius 3 is 2.80 bits per heavy atom. The summed E-state index contributed by atoms with van der Waals surface area (Å²) >= 11 is 9.45. The molecule has 3 heteroatoms. The highest BCUT2D eigenvalue weighted by Crippen LogP contribution is 2.30. The van der Waals surface area contributed by atoms with Crippen LogP contribution in [0.2, 0.25) is 5.02 Å². The molecule has 1 aliphatic carbocycles. The molecule has 0 spiro atoms. The first kappa shape index (κ1) is 11.3. The summed E-state index contributed by atoms with van der Waals surface area (Å²) < 4.78 is 6.75. The molecule has 0 N–H and O–H groups in total. The van der Waals surface area contributed by atoms with Crippen molar-refractivity contribution in [1.29, 1.82) is 0 Å². The van der Waals surface area contributed by atoms with Gasteiger partial charge in [-0.2, -0.15) is 0 Å². The van der Waals surface area contributed by atoms with Crippen LogP contribution in [0.5, 0.6) is 5.75 Å². The van der Waals surface area contributed by atoms with Crippen LogP contribution in [0.25, 0.3) is 0 Å². The van der Waals surface area contributed by atoms with Crippen molar-refractivity contribution in [2.75, 3.05) is 6.61 Å². The predicted molar refractivity (Wildman–Crippen MR) is 66.6 cm³/mol. The first-order valence-electron chi connectivity index (χ1n) is 5.33. The Morgan fingerprint density at radius 2 is 2.07 bits per heavy atom. The number of hydrogen-bond acceptors (Lipinski definition) is 1. The lowest BCUT2D eigenvalue weighted by Gasteiger charge is -2.12. The average molecular weight is 290 g/mol. The van der Waals surface area contributed by atoms with Crippen molar-refractivity contribution in [2.24, 2.45) is 5.92 Å². The highest BCUT2D eigenvalue weighted by atomic mass is 79.9. The van der Waals surface area contributed by atoms with Gasteiger partial charge in [0.2, 0.25) is 0 Å². The molecule has 0 atom stereocenters. The van der Waals surface area contributed by atoms with Crippen LogP contribution < -0.4 is 4.74 Å². The van der Waals surface area contributed by atoms with Gasteiger partial charge in [-0.05, 0) is 37.0 Å². The van der Waals surface area contributed by atoms with Crippen LogP contribution in [0, 0.1) is 5.92 Å². The standard InChI is InChI=1S/C12H14BrClO/c13-10-5-6-11(14)12(7-10)15-8-9-3-1-2-4-9/h5-7,9H,1-4,8H2. The molecular weight excluding hydrogens is 275 g/mol. The molecule has 0 bridgehead atoms. The van der Waals surface area contributed by atoms with Gasteiger partial charge in [0.15, 0.2) is 0 Å². The number of halogens is 2. The summed E-state index contributed by atoms with van der Waals surface area (Å²) in [5.41, 5.74) is 0. The maximum Gasteiger partial charge on any atom is 0.139 e. The molecule has 1 aromatic rings. The Morgan fingerprint density at radius 1 is 1.33 bits per heavy atom. The number of hydrogen-bond donors (Lipinski definition) is 0. The molecule has 0 saturated heterocycles. The van der Waals surface area contributed by atoms with Crippen LogP contribution in [0.3, 0.4) is 0 Å². The Bertz CT molecular complexity index is 334. The van der Waals surface area contributed by atoms with Crippen LogP contribution in [0.4, 0.5) is 0 Å². The lowest BCUT2D eigenvalue weighted by atomic mass is 10.1. The van der Waals surface area contributed by atoms with Crippen LogP contribution in [-0.2, 0) is 0 Å². The molecule has 1 aliphatic rings. The molecule has 0 amide bonds. The van der Waals surface area contributed by atoms with Crippen molar-refractivity contribution in [3.05, 3.63) is 27.7 Å². The maximum atomic E-state index is 6.04. The van der Waals surface area contributed by atoms with E-state index >= 15 is 0 Å². The van der Waals surface area contributed by atoms with Gasteiger partial charge in [0.05, 0.1) is 11.6 Å². The third kappa shape index (κ3) is 3.12. The second-order valence-corrected chi connectivity index (χ2v) is 5.36. The first-order valence-corrected chi connectivity index (χ1v) is 6.50. The molecular formula is C12H14BrClO. The summed E-state index contributed by atoms with van der Waals surface area (Å²) in [5, 5.41) is 0.691. The summed E-state index contributed by atoms with van der Waals surface area (Å²) in [5.74, 6) is 1.51. The van der Waals surface area contributed by atoms with Crippen molar-refractivity contribution in [3.63, 3.8) is 0 Å². The second kappa shape index (κ2) is 5.22. The molecule has 0 unspecified atom stereocenters. The predicted octanol–water partition coefficient (Wildman–Crippen LogP) is 4.67. The van der Waals surface area contributed by atoms with E-state index in [2.05, 4.69) is 15.9 Å². The lowest BCUT2D eigenvalue weighted by molar-refractivity contribution is 0.252. The van der Waals surface area contributed by atoms with E-state index in [1.165, 1.54) is 25.7 Å². The molecule has 0 radical (unpaired) electrons. The molecule has 0 heterocycles. The Balaban J connectivity index is 1.94. The number of ether oxygens (including phenoxy) is 1. The molecule has 1 fully saturated rings. The van der Waals surface area contributed by atoms with E-state index < -0.39 is 0 Å². The van der Waals surface area contributed by atoms with Gasteiger partial charge in [-0.15, -0.1) is 0 Å². The smallest absolute Gasteiger partial charge is 0.139 e. The third-order valence-electron chi connectivity index (χ3n) is 2.84. The summed E-state index contributed by atoms with van der Waals surface area (Å²) in [6.07, 6.45) is 5.29. The minimum atomic E-state index is 0.691. The minimum absolute atomic E-state index is 0.691. The molecule has 2 rings (SSSR count). The van der Waals surface area contributed by atoms with E-state index in [0.29, 0.717) is 5.02 Å². The topological polar surface area (TPSA) is 9.23 Å². The quantitative estimate of drug-likeness (QED) is 0.785. The molecule has 1 saturated carbocycles. The number of rotatable bonds is 3. The average Bonchev–Trinajstić information content (AvgIpc) is 2.72. The molecule has 0 aromatic heterocycles. The van der Waals surface area contributed by atoms with Gasteiger partial charge in [0.25, 0.3) is 0 Å². The fraction of sp³-hybridized carbons (Fsp3) is 0.500. The van der Waals surface area contributed by atoms with Crippen LogP contribution >= 0.6 is 27.5 Å². The summed E-state index contributed by atoms with van der Waals surface area (Å²) in [4.78, 5) is 0. The monoisotopic (exact) mass is 288 g/mol. The van der Waals surface area contributed by atoms with Gasteiger partial charge in [0, 0.05) is 4.47 Å². The van der Waals surface area contributed by atoms with Gasteiger partial charge in [-0.3, -0.25) is 0 Å². The van der Waals surface area contributed by atoms with Gasteiger partial charge >= 0.3 is 0 Å². The zero-order chi connectivity index (χ0) is 10.7. The van der Waals surface area contributed by atoms with Crippen molar-refractivity contribution < 1.29 is 4.74 Å². The lowest BCUT2D eigenvalue weighted by Crippen LogP contribution is -2.08. The van der Waals surface area contributed by atoms with Gasteiger partial charge in [0.1, 0.15) is 5.75 Å². The van der Waals surface area contributed by atoms with E-state index in [-0.39, 0.29) is 0 Å². The highest BCUT2D eigenvalue weighted by molar-refractivity contribution is 9.10. The van der Waals surface area contributed by atoms with Crippen molar-refractivity contribution >= 4 is 27.5 Å². The van der Waals surface area contributed by atoms with E-state index in [4.69, 9.17) is 16.3 Å². The SMILES string of the molecule is Clc1ccc(Br)cc1OCC1CCCC1. The van der Waals surface area contributed by atoms with Gasteiger partial charge in [-0.25, -0.2) is 0 Å². The first-order chi connectivity index (χ1) is 7.25. The minimum Gasteiger partial charge on any atom is -0.492 e. The fourth-order valence-corrected chi connectivity index (χ4v) is 2.48. The molecule has 15 heavy (non-hydrogen) atoms. The molecule has 1 nitrogen and oxygen atoms in total.